The van der Waals surface area contributed by atoms with E-state index in [-0.39, 0.29) is 0 Å². The van der Waals surface area contributed by atoms with Crippen molar-refractivity contribution in [3.63, 3.8) is 0 Å². The molecular weight excluding hydrogens is 622 g/mol. The maximum Gasteiger partial charge on any atom is 0.479 e. The van der Waals surface area contributed by atoms with Crippen molar-refractivity contribution in [2.45, 2.75) is 49.1 Å². The number of hydrogen-bond acceptors (Lipinski definition) is 15. The zero-order chi connectivity index (χ0) is 30.3. The standard InChI is InChI=1S/C18H24N4O16P2S/c23-9-1-3-21(17(29)19-9)15-13(27)11(25)7(36-15)5-34-39(31,32)38-40(33,41)35-6-8-12(26)14(28)16(37-8)22-4-2-10(24)20-18(22)30/h1-4,7-8,11-16,25-28H,5-6H2,(H,31,32)(H,33,41)(H,19,23,29)(H,20,24,30)/t7-,8-,11-,12-,13-,14-,15-,16-,40?/m1/s1. The topological polar surface area (TPSA) is 294 Å². The van der Waals surface area contributed by atoms with Gasteiger partial charge < -0.3 is 44.2 Å². The molecule has 0 aliphatic carbocycles. The first-order valence-corrected chi connectivity index (χ1v) is 15.5. The highest BCUT2D eigenvalue weighted by Gasteiger charge is 2.47. The van der Waals surface area contributed by atoms with E-state index in [1.165, 1.54) is 0 Å². The van der Waals surface area contributed by atoms with Crippen LogP contribution in [0, 0.1) is 0 Å². The molecule has 2 unspecified atom stereocenters. The Morgan fingerprint density at radius 1 is 0.780 bits per heavy atom. The maximum atomic E-state index is 12.4. The summed E-state index contributed by atoms with van der Waals surface area (Å²) in [6, 6.07) is 1.92. The van der Waals surface area contributed by atoms with Crippen LogP contribution < -0.4 is 22.5 Å². The zero-order valence-corrected chi connectivity index (χ0v) is 22.9. The summed E-state index contributed by atoms with van der Waals surface area (Å²) < 4.78 is 38.7. The molecule has 0 spiro atoms. The predicted octanol–water partition coefficient (Wildman–Crippen LogP) is -4.31. The van der Waals surface area contributed by atoms with Crippen molar-refractivity contribution < 1.29 is 57.6 Å². The van der Waals surface area contributed by atoms with E-state index in [4.69, 9.17) is 18.5 Å². The Balaban J connectivity index is 1.33. The second-order valence-corrected chi connectivity index (χ2v) is 13.2. The van der Waals surface area contributed by atoms with E-state index in [1.807, 2.05) is 9.97 Å². The minimum atomic E-state index is -5.23. The largest absolute Gasteiger partial charge is 0.479 e. The van der Waals surface area contributed by atoms with Crippen LogP contribution in [0.5, 0.6) is 0 Å². The number of aliphatic hydroxyl groups is 4. The summed E-state index contributed by atoms with van der Waals surface area (Å²) in [6.45, 7) is -6.32. The van der Waals surface area contributed by atoms with Crippen LogP contribution in [0.1, 0.15) is 12.5 Å². The van der Waals surface area contributed by atoms with Crippen LogP contribution in [0.3, 0.4) is 0 Å². The molecule has 4 heterocycles. The Morgan fingerprint density at radius 2 is 1.20 bits per heavy atom. The number of ether oxygens (including phenoxy) is 2. The minimum Gasteiger partial charge on any atom is -0.387 e. The summed E-state index contributed by atoms with van der Waals surface area (Å²) in [4.78, 5) is 70.5. The third-order valence-electron chi connectivity index (χ3n) is 5.94. The quantitative estimate of drug-likeness (QED) is 0.113. The monoisotopic (exact) mass is 646 g/mol. The van der Waals surface area contributed by atoms with E-state index < -0.39 is 99.3 Å². The Morgan fingerprint density at radius 3 is 1.61 bits per heavy atom. The van der Waals surface area contributed by atoms with Crippen LogP contribution >= 0.6 is 14.5 Å². The van der Waals surface area contributed by atoms with Crippen LogP contribution in [0.2, 0.25) is 0 Å². The van der Waals surface area contributed by atoms with Crippen molar-refractivity contribution in [1.29, 1.82) is 0 Å². The number of H-pyrrole nitrogens is 2. The number of aromatic amines is 2. The molecule has 0 radical (unpaired) electrons. The number of aromatic nitrogens is 4. The van der Waals surface area contributed by atoms with Gasteiger partial charge in [-0.3, -0.25) is 33.2 Å². The average Bonchev–Trinajstić information content (AvgIpc) is 3.31. The van der Waals surface area contributed by atoms with Crippen LogP contribution in [-0.4, -0.2) is 99.2 Å². The molecule has 2 aliphatic heterocycles. The molecule has 2 aliphatic rings. The number of aliphatic hydroxyl groups excluding tert-OH is 4. The van der Waals surface area contributed by atoms with E-state index in [1.54, 1.807) is 0 Å². The number of nitrogens with one attached hydrogen (secondary N) is 2. The summed E-state index contributed by atoms with van der Waals surface area (Å²) in [5.41, 5.74) is -3.37. The van der Waals surface area contributed by atoms with Crippen molar-refractivity contribution in [1.82, 2.24) is 19.1 Å². The molecule has 23 heteroatoms. The summed E-state index contributed by atoms with van der Waals surface area (Å²) in [7, 11) is -5.23. The van der Waals surface area contributed by atoms with E-state index in [0.29, 0.717) is 0 Å². The number of hydrogen-bond donors (Lipinski definition) is 8. The molecule has 0 aromatic carbocycles. The van der Waals surface area contributed by atoms with Crippen LogP contribution in [-0.2, 0) is 39.2 Å². The van der Waals surface area contributed by atoms with Gasteiger partial charge in [0.1, 0.15) is 36.6 Å². The Bertz CT molecular complexity index is 1480. The molecule has 0 amide bonds. The third kappa shape index (κ3) is 7.24. The number of phosphoric ester groups is 1. The van der Waals surface area contributed by atoms with E-state index in [2.05, 4.69) is 16.1 Å². The first kappa shape index (κ1) is 31.7. The fraction of sp³-hybridized carbons (Fsp3) is 0.556. The Labute approximate surface area is 231 Å². The zero-order valence-electron chi connectivity index (χ0n) is 20.3. The van der Waals surface area contributed by atoms with Crippen molar-refractivity contribution in [3.05, 3.63) is 66.2 Å². The van der Waals surface area contributed by atoms with Gasteiger partial charge in [0.2, 0.25) is 0 Å². The fourth-order valence-electron chi connectivity index (χ4n) is 3.96. The number of rotatable bonds is 10. The van der Waals surface area contributed by atoms with Gasteiger partial charge in [-0.25, -0.2) is 18.5 Å². The lowest BCUT2D eigenvalue weighted by atomic mass is 10.1. The van der Waals surface area contributed by atoms with Gasteiger partial charge in [-0.05, 0) is 11.8 Å². The van der Waals surface area contributed by atoms with E-state index in [9.17, 15) is 54.0 Å². The average molecular weight is 646 g/mol. The molecule has 2 saturated heterocycles. The normalized spacial score (nSPS) is 32.9. The Kier molecular flexibility index (Phi) is 9.43. The molecule has 2 aromatic heterocycles. The van der Waals surface area contributed by atoms with Crippen molar-refractivity contribution in [2.75, 3.05) is 13.2 Å². The predicted molar refractivity (Wildman–Crippen MR) is 134 cm³/mol. The van der Waals surface area contributed by atoms with Gasteiger partial charge in [-0.2, -0.15) is 0 Å². The highest BCUT2D eigenvalue weighted by atomic mass is 32.5. The van der Waals surface area contributed by atoms with Crippen LogP contribution in [0.4, 0.5) is 0 Å². The van der Waals surface area contributed by atoms with Gasteiger partial charge in [-0.15, -0.1) is 0 Å². The van der Waals surface area contributed by atoms with Crippen molar-refractivity contribution >= 4 is 26.3 Å². The van der Waals surface area contributed by atoms with E-state index in [0.717, 1.165) is 33.7 Å². The minimum absolute atomic E-state index is 0.720. The summed E-state index contributed by atoms with van der Waals surface area (Å²) >= 11 is 4.68. The van der Waals surface area contributed by atoms with Gasteiger partial charge in [0, 0.05) is 24.5 Å². The highest BCUT2D eigenvalue weighted by molar-refractivity contribution is 8.08. The third-order valence-corrected chi connectivity index (χ3v) is 9.45. The number of phosphoric acid groups is 1. The summed E-state index contributed by atoms with van der Waals surface area (Å²) in [5, 5.41) is 40.9. The second kappa shape index (κ2) is 12.2. The smallest absolute Gasteiger partial charge is 0.387 e. The molecule has 2 fully saturated rings. The Hall–Kier alpha value is -2.20. The molecule has 8 N–H and O–H groups in total. The fourth-order valence-corrected chi connectivity index (χ4v) is 6.99. The second-order valence-electron chi connectivity index (χ2n) is 8.74. The highest BCUT2D eigenvalue weighted by Crippen LogP contribution is 2.61. The first-order chi connectivity index (χ1) is 19.1. The first-order valence-electron chi connectivity index (χ1n) is 11.4. The van der Waals surface area contributed by atoms with Gasteiger partial charge in [0.15, 0.2) is 12.5 Å². The summed E-state index contributed by atoms with van der Waals surface area (Å²) in [5.74, 6) is 0. The summed E-state index contributed by atoms with van der Waals surface area (Å²) in [6.07, 6.45) is -10.7. The molecule has 0 saturated carbocycles. The number of nitrogens with zero attached hydrogens (tertiary/aromatic N) is 2. The molecule has 10 atom stereocenters. The molecule has 228 valence electrons. The molecule has 0 bridgehead atoms. The molecular formula is C18H24N4O16P2S. The molecule has 20 nitrogen and oxygen atoms in total. The lowest BCUT2D eigenvalue weighted by molar-refractivity contribution is -0.0556. The molecule has 41 heavy (non-hydrogen) atoms. The van der Waals surface area contributed by atoms with Gasteiger partial charge in [-0.1, -0.05) is 0 Å². The lowest BCUT2D eigenvalue weighted by Gasteiger charge is -2.22. The van der Waals surface area contributed by atoms with Crippen molar-refractivity contribution in [3.8, 4) is 0 Å². The van der Waals surface area contributed by atoms with Crippen LogP contribution in [0.15, 0.2) is 43.7 Å². The van der Waals surface area contributed by atoms with Gasteiger partial charge >= 0.3 is 25.9 Å². The molecule has 4 rings (SSSR count). The van der Waals surface area contributed by atoms with Crippen molar-refractivity contribution in [2.24, 2.45) is 0 Å². The van der Waals surface area contributed by atoms with Gasteiger partial charge in [0.25, 0.3) is 11.1 Å². The SMILES string of the molecule is O=c1ccn([C@@H]2O[C@H](COP(=O)(O)OP(O)(=S)OC[C@H]3O[C@@H](n4ccc(=O)[nH]c4=O)[C@H](O)[C@@H]3O)[C@@H](O)[C@H]2O)c(=O)[nH]1. The van der Waals surface area contributed by atoms with E-state index >= 15 is 0 Å². The molecule has 2 aromatic rings. The maximum absolute atomic E-state index is 12.4. The van der Waals surface area contributed by atoms with Crippen LogP contribution in [0.25, 0.3) is 0 Å². The van der Waals surface area contributed by atoms with Gasteiger partial charge in [0.05, 0.1) is 13.2 Å². The lowest BCUT2D eigenvalue weighted by Crippen LogP contribution is -2.37.